The fourth-order valence-corrected chi connectivity index (χ4v) is 5.36. The van der Waals surface area contributed by atoms with Crippen molar-refractivity contribution in [2.24, 2.45) is 10.4 Å². The van der Waals surface area contributed by atoms with E-state index >= 15 is 0 Å². The van der Waals surface area contributed by atoms with Crippen LogP contribution in [0.2, 0.25) is 0 Å². The van der Waals surface area contributed by atoms with Crippen molar-refractivity contribution in [2.75, 3.05) is 6.54 Å². The molecule has 2 amide bonds. The molecule has 0 aliphatic carbocycles. The minimum Gasteiger partial charge on any atom is -0.483 e. The van der Waals surface area contributed by atoms with Gasteiger partial charge in [0, 0.05) is 29.2 Å². The zero-order chi connectivity index (χ0) is 23.7. The van der Waals surface area contributed by atoms with Crippen molar-refractivity contribution in [2.45, 2.75) is 70.4 Å². The number of nitrogens with zero attached hydrogens (tertiary/aromatic N) is 2. The zero-order valence-electron chi connectivity index (χ0n) is 19.6. The summed E-state index contributed by atoms with van der Waals surface area (Å²) >= 11 is 0. The number of aliphatic hydroxyl groups is 1. The molecule has 0 radical (unpaired) electrons. The number of benzene rings is 1. The molecule has 7 nitrogen and oxygen atoms in total. The van der Waals surface area contributed by atoms with Crippen LogP contribution in [0, 0.1) is 5.41 Å². The predicted molar refractivity (Wildman–Crippen MR) is 125 cm³/mol. The van der Waals surface area contributed by atoms with Gasteiger partial charge in [-0.1, -0.05) is 19.9 Å². The second-order valence-corrected chi connectivity index (χ2v) is 10.6. The van der Waals surface area contributed by atoms with Crippen molar-refractivity contribution in [3.8, 4) is 5.75 Å². The molecule has 0 aromatic heterocycles. The lowest BCUT2D eigenvalue weighted by Crippen LogP contribution is -2.63. The van der Waals surface area contributed by atoms with Crippen LogP contribution in [0.1, 0.15) is 46.1 Å². The minimum absolute atomic E-state index is 0.143. The number of nitrogens with one attached hydrogen (secondary N) is 1. The zero-order valence-corrected chi connectivity index (χ0v) is 19.6. The number of hydrogen-bond acceptors (Lipinski definition) is 5. The molecule has 0 saturated carbocycles. The molecule has 4 heterocycles. The number of piperazine rings is 1. The number of aliphatic hydroxyl groups excluding tert-OH is 1. The molecule has 174 valence electrons. The lowest BCUT2D eigenvalue weighted by molar-refractivity contribution is -0.149. The summed E-state index contributed by atoms with van der Waals surface area (Å²) in [4.78, 5) is 32.6. The highest BCUT2D eigenvalue weighted by Crippen LogP contribution is 2.36. The van der Waals surface area contributed by atoms with Gasteiger partial charge in [-0.05, 0) is 50.1 Å². The van der Waals surface area contributed by atoms with Gasteiger partial charge in [0.15, 0.2) is 0 Å². The molecule has 2 unspecified atom stereocenters. The van der Waals surface area contributed by atoms with E-state index in [4.69, 9.17) is 9.73 Å². The highest BCUT2D eigenvalue weighted by atomic mass is 16.5. The molecule has 33 heavy (non-hydrogen) atoms. The molecule has 2 saturated heterocycles. The van der Waals surface area contributed by atoms with Crippen molar-refractivity contribution in [3.63, 3.8) is 0 Å². The van der Waals surface area contributed by atoms with Crippen molar-refractivity contribution in [3.05, 3.63) is 47.0 Å². The van der Waals surface area contributed by atoms with Crippen LogP contribution in [0.3, 0.4) is 0 Å². The Balaban J connectivity index is 1.59. The number of fused-ring (bicyclic) bond motifs is 4. The minimum atomic E-state index is -0.806. The molecule has 2 fully saturated rings. The smallest absolute Gasteiger partial charge is 0.246 e. The summed E-state index contributed by atoms with van der Waals surface area (Å²) in [6.07, 6.45) is 5.96. The van der Waals surface area contributed by atoms with E-state index in [0.29, 0.717) is 19.4 Å². The van der Waals surface area contributed by atoms with Crippen molar-refractivity contribution in [1.82, 2.24) is 10.2 Å². The molecule has 4 aliphatic heterocycles. The summed E-state index contributed by atoms with van der Waals surface area (Å²) < 4.78 is 6.15. The number of ether oxygens (including phenoxy) is 1. The normalized spacial score (nSPS) is 29.6. The van der Waals surface area contributed by atoms with Gasteiger partial charge in [-0.2, -0.15) is 0 Å². The van der Waals surface area contributed by atoms with Gasteiger partial charge in [0.2, 0.25) is 11.8 Å². The number of carbonyl (C=O) groups excluding carboxylic acids is 2. The van der Waals surface area contributed by atoms with Crippen molar-refractivity contribution >= 4 is 23.5 Å². The standard InChI is InChI=1S/C26H31N3O4/c1-6-25(2,3)22-16(13-17-24(32)29-12-10-18(30)21(29)23(31)27-17)14-7-8-19-15(20(14)28-22)9-11-26(4,5)33-19/h6-9,11,17-18,21-22,30H,1,10,12-13H2,2-5H3,(H,27,31)/t17?,18-,21+,22?/m1/s1/i23+1,24+1. The van der Waals surface area contributed by atoms with Crippen LogP contribution in [-0.4, -0.2) is 58.2 Å². The van der Waals surface area contributed by atoms with Crippen LogP contribution in [0.4, 0.5) is 0 Å². The first kappa shape index (κ1) is 21.9. The molecule has 4 atom stereocenters. The third-order valence-electron chi connectivity index (χ3n) is 7.32. The summed E-state index contributed by atoms with van der Waals surface area (Å²) in [5, 5.41) is 14.8. The topological polar surface area (TPSA) is 91.2 Å². The SMILES string of the molecule is C=CC(C)(C)C1N=c2c3c(ccc2=C1CC1N[13C](=O)[C@@H]2[C@H](O)CCN2[13C]1=O)OC(C)(C)C=C3. The largest absolute Gasteiger partial charge is 0.483 e. The molecule has 2 N–H and O–H groups in total. The molecule has 1 aromatic carbocycles. The first-order valence-corrected chi connectivity index (χ1v) is 11.6. The Hall–Kier alpha value is -2.93. The molecular weight excluding hydrogens is 420 g/mol. The number of carbonyl (C=O) groups is 2. The van der Waals surface area contributed by atoms with Crippen LogP contribution < -0.4 is 20.6 Å². The fraction of sp³-hybridized carbons (Fsp3) is 0.500. The van der Waals surface area contributed by atoms with Crippen molar-refractivity contribution in [1.29, 1.82) is 0 Å². The molecular formula is C26H31N3O4. The Morgan fingerprint density at radius 1 is 1.36 bits per heavy atom. The molecule has 1 aromatic rings. The van der Waals surface area contributed by atoms with E-state index < -0.39 is 18.2 Å². The second-order valence-electron chi connectivity index (χ2n) is 10.6. The van der Waals surface area contributed by atoms with E-state index in [9.17, 15) is 14.7 Å². The van der Waals surface area contributed by atoms with Gasteiger partial charge < -0.3 is 20.1 Å². The summed E-state index contributed by atoms with van der Waals surface area (Å²) in [5.41, 5.74) is 1.21. The average Bonchev–Trinajstić information content (AvgIpc) is 3.32. The Bertz CT molecular complexity index is 1210. The fourth-order valence-electron chi connectivity index (χ4n) is 5.36. The van der Waals surface area contributed by atoms with Crippen LogP contribution in [0.5, 0.6) is 5.75 Å². The highest BCUT2D eigenvalue weighted by molar-refractivity contribution is 5.98. The molecule has 0 spiro atoms. The monoisotopic (exact) mass is 451 g/mol. The van der Waals surface area contributed by atoms with Gasteiger partial charge in [0.05, 0.1) is 17.5 Å². The van der Waals surface area contributed by atoms with Crippen LogP contribution in [0.15, 0.2) is 35.9 Å². The Kier molecular flexibility index (Phi) is 4.83. The Morgan fingerprint density at radius 2 is 2.12 bits per heavy atom. The van der Waals surface area contributed by atoms with Crippen LogP contribution in [0.25, 0.3) is 11.6 Å². The van der Waals surface area contributed by atoms with Crippen LogP contribution in [-0.2, 0) is 9.59 Å². The van der Waals surface area contributed by atoms with Gasteiger partial charge in [-0.25, -0.2) is 0 Å². The summed E-state index contributed by atoms with van der Waals surface area (Å²) in [6, 6.07) is 2.30. The molecule has 7 heteroatoms. The van der Waals surface area contributed by atoms with E-state index in [0.717, 1.165) is 27.5 Å². The van der Waals surface area contributed by atoms with E-state index in [1.54, 1.807) is 0 Å². The van der Waals surface area contributed by atoms with E-state index in [1.165, 1.54) is 4.90 Å². The first-order valence-electron chi connectivity index (χ1n) is 11.6. The number of hydrogen-bond donors (Lipinski definition) is 2. The van der Waals surface area contributed by atoms with E-state index in [1.807, 2.05) is 38.1 Å². The molecule has 0 bridgehead atoms. The van der Waals surface area contributed by atoms with Gasteiger partial charge >= 0.3 is 0 Å². The predicted octanol–water partition coefficient (Wildman–Crippen LogP) is 1.09. The average molecular weight is 452 g/mol. The molecule has 4 aliphatic rings. The van der Waals surface area contributed by atoms with Gasteiger partial charge in [0.25, 0.3) is 0 Å². The first-order chi connectivity index (χ1) is 15.5. The Labute approximate surface area is 193 Å². The van der Waals surface area contributed by atoms with E-state index in [2.05, 4.69) is 31.8 Å². The lowest BCUT2D eigenvalue weighted by Gasteiger charge is -2.37. The third kappa shape index (κ3) is 3.41. The lowest BCUT2D eigenvalue weighted by atomic mass is 9.79. The Morgan fingerprint density at radius 3 is 2.85 bits per heavy atom. The highest BCUT2D eigenvalue weighted by Gasteiger charge is 2.48. The van der Waals surface area contributed by atoms with Gasteiger partial charge in [-0.3, -0.25) is 14.6 Å². The van der Waals surface area contributed by atoms with Gasteiger partial charge in [-0.15, -0.1) is 6.58 Å². The van der Waals surface area contributed by atoms with Crippen LogP contribution >= 0.6 is 0 Å². The third-order valence-corrected chi connectivity index (χ3v) is 7.32. The maximum absolute atomic E-state index is 13.2. The van der Waals surface area contributed by atoms with E-state index in [-0.39, 0.29) is 28.9 Å². The summed E-state index contributed by atoms with van der Waals surface area (Å²) in [5.74, 6) is 0.358. The maximum atomic E-state index is 13.2. The maximum Gasteiger partial charge on any atom is 0.246 e. The summed E-state index contributed by atoms with van der Waals surface area (Å²) in [7, 11) is 0. The molecule has 5 rings (SSSR count). The van der Waals surface area contributed by atoms with Crippen molar-refractivity contribution < 1.29 is 19.4 Å². The van der Waals surface area contributed by atoms with Gasteiger partial charge in [0.1, 0.15) is 23.4 Å². The number of amides is 2. The number of rotatable bonds is 4. The summed E-state index contributed by atoms with van der Waals surface area (Å²) in [6.45, 7) is 12.6. The quantitative estimate of drug-likeness (QED) is 0.530. The second kappa shape index (κ2) is 7.29.